The number of hydrogen-bond donors (Lipinski definition) is 1. The number of nitrogens with zero attached hydrogens (tertiary/aromatic N) is 2. The number of benzene rings is 2. The van der Waals surface area contributed by atoms with Gasteiger partial charge in [0.25, 0.3) is 0 Å². The van der Waals surface area contributed by atoms with Crippen molar-refractivity contribution in [1.82, 2.24) is 9.55 Å². The highest BCUT2D eigenvalue weighted by atomic mass is 16.5. The Bertz CT molecular complexity index is 1050. The number of unbranched alkanes of at least 4 members (excludes halogenated alkanes) is 1. The zero-order valence-electron chi connectivity index (χ0n) is 18.5. The molecule has 5 heteroatoms. The number of rotatable bonds is 10. The minimum atomic E-state index is -0.922. The second-order valence-electron chi connectivity index (χ2n) is 7.72. The fourth-order valence-electron chi connectivity index (χ4n) is 3.55. The third-order valence-electron chi connectivity index (χ3n) is 5.46. The van der Waals surface area contributed by atoms with E-state index in [1.165, 1.54) is 11.1 Å². The summed E-state index contributed by atoms with van der Waals surface area (Å²) in [6, 6.07) is 15.8. The fourth-order valence-corrected chi connectivity index (χ4v) is 3.55. The highest BCUT2D eigenvalue weighted by Crippen LogP contribution is 2.20. The lowest BCUT2D eigenvalue weighted by atomic mass is 10.0. The van der Waals surface area contributed by atoms with Crippen LogP contribution in [0.2, 0.25) is 0 Å². The Morgan fingerprint density at radius 1 is 1.16 bits per heavy atom. The van der Waals surface area contributed by atoms with Crippen LogP contribution in [0.25, 0.3) is 6.08 Å². The molecule has 0 aliphatic carbocycles. The molecule has 31 heavy (non-hydrogen) atoms. The Kier molecular flexibility index (Phi) is 7.65. The highest BCUT2D eigenvalue weighted by molar-refractivity contribution is 5.92. The van der Waals surface area contributed by atoms with Gasteiger partial charge in [-0.3, -0.25) is 0 Å². The molecule has 3 rings (SSSR count). The number of hydrogen-bond acceptors (Lipinski definition) is 3. The van der Waals surface area contributed by atoms with Gasteiger partial charge in [-0.25, -0.2) is 9.78 Å². The molecule has 5 nitrogen and oxygen atoms in total. The first-order chi connectivity index (χ1) is 15.0. The van der Waals surface area contributed by atoms with Crippen molar-refractivity contribution in [2.24, 2.45) is 0 Å². The zero-order valence-corrected chi connectivity index (χ0v) is 18.5. The van der Waals surface area contributed by atoms with Crippen LogP contribution in [0.4, 0.5) is 0 Å². The van der Waals surface area contributed by atoms with Gasteiger partial charge in [0, 0.05) is 25.0 Å². The van der Waals surface area contributed by atoms with E-state index in [1.807, 2.05) is 36.4 Å². The quantitative estimate of drug-likeness (QED) is 0.454. The van der Waals surface area contributed by atoms with Crippen molar-refractivity contribution in [2.75, 3.05) is 7.11 Å². The van der Waals surface area contributed by atoms with Crippen LogP contribution in [0, 0.1) is 6.92 Å². The van der Waals surface area contributed by atoms with Crippen molar-refractivity contribution in [3.05, 3.63) is 88.5 Å². The van der Waals surface area contributed by atoms with Crippen molar-refractivity contribution in [1.29, 1.82) is 0 Å². The molecule has 0 atom stereocenters. The second-order valence-corrected chi connectivity index (χ2v) is 7.72. The van der Waals surface area contributed by atoms with Gasteiger partial charge in [-0.2, -0.15) is 0 Å². The summed E-state index contributed by atoms with van der Waals surface area (Å²) in [7, 11) is 1.61. The first kappa shape index (κ1) is 22.3. The molecule has 162 valence electrons. The number of carbonyl (C=O) groups is 1. The molecule has 0 bridgehead atoms. The molecule has 0 radical (unpaired) electrons. The summed E-state index contributed by atoms with van der Waals surface area (Å²) in [6.45, 7) is 4.93. The van der Waals surface area contributed by atoms with Crippen LogP contribution >= 0.6 is 0 Å². The van der Waals surface area contributed by atoms with Crippen LogP contribution in [-0.4, -0.2) is 27.7 Å². The second kappa shape index (κ2) is 10.6. The van der Waals surface area contributed by atoms with Gasteiger partial charge in [-0.05, 0) is 48.2 Å². The van der Waals surface area contributed by atoms with E-state index in [0.717, 1.165) is 42.1 Å². The molecular weight excluding hydrogens is 388 g/mol. The molecule has 1 N–H and O–H groups in total. The fraction of sp³-hybridized carbons (Fsp3) is 0.308. The maximum Gasteiger partial charge on any atom is 0.331 e. The summed E-state index contributed by atoms with van der Waals surface area (Å²) in [5.41, 5.74) is 4.49. The normalized spacial score (nSPS) is 11.5. The summed E-state index contributed by atoms with van der Waals surface area (Å²) in [6.07, 6.45) is 6.88. The van der Waals surface area contributed by atoms with E-state index < -0.39 is 5.97 Å². The molecule has 0 aliphatic heterocycles. The Balaban J connectivity index is 1.95. The molecule has 0 aliphatic rings. The van der Waals surface area contributed by atoms with E-state index >= 15 is 0 Å². The molecule has 0 amide bonds. The number of carboxylic acid groups (broad SMARTS) is 1. The predicted octanol–water partition coefficient (Wildman–Crippen LogP) is 5.30. The Hall–Kier alpha value is -3.34. The number of methoxy groups -OCH3 is 1. The maximum absolute atomic E-state index is 12.0. The summed E-state index contributed by atoms with van der Waals surface area (Å²) < 4.78 is 7.34. The van der Waals surface area contributed by atoms with E-state index in [-0.39, 0.29) is 0 Å². The lowest BCUT2D eigenvalue weighted by Crippen LogP contribution is -2.10. The van der Waals surface area contributed by atoms with Crippen LogP contribution in [-0.2, 0) is 24.2 Å². The smallest absolute Gasteiger partial charge is 0.331 e. The number of aromatic nitrogens is 2. The van der Waals surface area contributed by atoms with E-state index in [0.29, 0.717) is 18.5 Å². The van der Waals surface area contributed by atoms with Gasteiger partial charge in [0.1, 0.15) is 11.6 Å². The van der Waals surface area contributed by atoms with E-state index in [4.69, 9.17) is 4.74 Å². The predicted molar refractivity (Wildman–Crippen MR) is 123 cm³/mol. The topological polar surface area (TPSA) is 64.3 Å². The van der Waals surface area contributed by atoms with Crippen molar-refractivity contribution < 1.29 is 14.6 Å². The minimum absolute atomic E-state index is 0.332. The molecule has 0 fully saturated rings. The molecule has 0 saturated carbocycles. The average Bonchev–Trinajstić information content (AvgIpc) is 3.14. The molecule has 3 aromatic rings. The first-order valence-corrected chi connectivity index (χ1v) is 10.7. The summed E-state index contributed by atoms with van der Waals surface area (Å²) in [5.74, 6) is 0.821. The molecule has 2 aromatic carbocycles. The van der Waals surface area contributed by atoms with E-state index in [2.05, 4.69) is 35.5 Å². The molecule has 1 heterocycles. The van der Waals surface area contributed by atoms with Crippen molar-refractivity contribution in [3.63, 3.8) is 0 Å². The molecule has 0 saturated heterocycles. The summed E-state index contributed by atoms with van der Waals surface area (Å²) >= 11 is 0. The van der Waals surface area contributed by atoms with E-state index in [9.17, 15) is 9.90 Å². The number of aryl methyl sites for hydroxylation is 2. The van der Waals surface area contributed by atoms with Crippen LogP contribution in [0.15, 0.2) is 60.3 Å². The molecule has 0 unspecified atom stereocenters. The third-order valence-corrected chi connectivity index (χ3v) is 5.46. The van der Waals surface area contributed by atoms with Gasteiger partial charge in [-0.15, -0.1) is 0 Å². The number of aliphatic carboxylic acids is 1. The van der Waals surface area contributed by atoms with Crippen LogP contribution in [0.3, 0.4) is 0 Å². The summed E-state index contributed by atoms with van der Waals surface area (Å²) in [5, 5.41) is 9.85. The average molecular weight is 419 g/mol. The van der Waals surface area contributed by atoms with Crippen molar-refractivity contribution >= 4 is 12.0 Å². The highest BCUT2D eigenvalue weighted by Gasteiger charge is 2.14. The SMILES string of the molecule is CCCCc1ncc(C=C(Cc2ccc(OC)cc2)C(=O)O)n1Cc1ccccc1C. The van der Waals surface area contributed by atoms with Crippen LogP contribution in [0.1, 0.15) is 48.0 Å². The Labute approximate surface area is 184 Å². The summed E-state index contributed by atoms with van der Waals surface area (Å²) in [4.78, 5) is 16.6. The molecular formula is C26H30N2O3. The van der Waals surface area contributed by atoms with Crippen molar-refractivity contribution in [3.8, 4) is 5.75 Å². The lowest BCUT2D eigenvalue weighted by Gasteiger charge is -2.13. The van der Waals surface area contributed by atoms with Crippen LogP contribution < -0.4 is 4.74 Å². The van der Waals surface area contributed by atoms with Gasteiger partial charge < -0.3 is 14.4 Å². The minimum Gasteiger partial charge on any atom is -0.497 e. The Morgan fingerprint density at radius 3 is 2.55 bits per heavy atom. The number of carboxylic acids is 1. The molecule has 0 spiro atoms. The van der Waals surface area contributed by atoms with Crippen LogP contribution in [0.5, 0.6) is 5.75 Å². The third kappa shape index (κ3) is 5.85. The lowest BCUT2D eigenvalue weighted by molar-refractivity contribution is -0.132. The van der Waals surface area contributed by atoms with Crippen molar-refractivity contribution in [2.45, 2.75) is 46.1 Å². The van der Waals surface area contributed by atoms with Gasteiger partial charge >= 0.3 is 5.97 Å². The van der Waals surface area contributed by atoms with Gasteiger partial charge in [0.05, 0.1) is 19.0 Å². The standard InChI is InChI=1S/C26H30N2O3/c1-4-5-10-25-27-17-23(28(25)18-21-9-7-6-8-19(21)2)16-22(26(29)30)15-20-11-13-24(31-3)14-12-20/h6-9,11-14,16-17H,4-5,10,15,18H2,1-3H3,(H,29,30). The number of ether oxygens (including phenoxy) is 1. The van der Waals surface area contributed by atoms with Gasteiger partial charge in [0.15, 0.2) is 0 Å². The number of imidazole rings is 1. The molecule has 1 aromatic heterocycles. The van der Waals surface area contributed by atoms with Gasteiger partial charge in [-0.1, -0.05) is 49.7 Å². The maximum atomic E-state index is 12.0. The Morgan fingerprint density at radius 2 is 1.90 bits per heavy atom. The van der Waals surface area contributed by atoms with E-state index in [1.54, 1.807) is 19.4 Å². The first-order valence-electron chi connectivity index (χ1n) is 10.7. The largest absolute Gasteiger partial charge is 0.497 e. The monoisotopic (exact) mass is 418 g/mol. The van der Waals surface area contributed by atoms with Gasteiger partial charge in [0.2, 0.25) is 0 Å². The zero-order chi connectivity index (χ0) is 22.2.